The van der Waals surface area contributed by atoms with Gasteiger partial charge in [0.25, 0.3) is 0 Å². The average molecular weight is 457 g/mol. The Kier molecular flexibility index (Phi) is 17.9. The molecule has 0 spiro atoms. The molecule has 0 unspecified atom stereocenters. The summed E-state index contributed by atoms with van der Waals surface area (Å²) in [4.78, 5) is 4.01. The number of aliphatic imine (C=N–C) groups is 1. The molecule has 0 heterocycles. The number of alkyl halides is 3. The van der Waals surface area contributed by atoms with Crippen LogP contribution in [0.4, 0.5) is 13.2 Å². The maximum Gasteiger partial charge on any atom is 0.411 e. The number of halogens is 4. The van der Waals surface area contributed by atoms with Gasteiger partial charge in [0.1, 0.15) is 6.61 Å². The van der Waals surface area contributed by atoms with Gasteiger partial charge in [-0.05, 0) is 12.8 Å². The molecular weight excluding hydrogens is 430 g/mol. The highest BCUT2D eigenvalue weighted by Crippen LogP contribution is 2.14. The van der Waals surface area contributed by atoms with Crippen LogP contribution in [0.1, 0.15) is 12.8 Å². The molecule has 140 valence electrons. The van der Waals surface area contributed by atoms with Crippen LogP contribution in [0, 0.1) is 0 Å². The fourth-order valence-corrected chi connectivity index (χ4v) is 1.41. The standard InChI is InChI=1S/C13H26F3N3O3.HI/c1-17-12(18-5-3-7-21-10-9-20-2)19-6-4-8-22-11-13(14,15)16;/h3-11H2,1-2H3,(H2,17,18,19);1H. The van der Waals surface area contributed by atoms with Crippen LogP contribution >= 0.6 is 24.0 Å². The molecule has 0 aliphatic carbocycles. The van der Waals surface area contributed by atoms with Crippen LogP contribution in [0.25, 0.3) is 0 Å². The molecule has 0 saturated carbocycles. The lowest BCUT2D eigenvalue weighted by Crippen LogP contribution is -2.38. The maximum atomic E-state index is 11.8. The predicted molar refractivity (Wildman–Crippen MR) is 93.6 cm³/mol. The van der Waals surface area contributed by atoms with Gasteiger partial charge >= 0.3 is 6.18 Å². The lowest BCUT2D eigenvalue weighted by molar-refractivity contribution is -0.173. The van der Waals surface area contributed by atoms with Gasteiger partial charge in [0.15, 0.2) is 5.96 Å². The Morgan fingerprint density at radius 2 is 1.52 bits per heavy atom. The molecular formula is C13H27F3IN3O3. The van der Waals surface area contributed by atoms with E-state index in [1.54, 1.807) is 14.2 Å². The van der Waals surface area contributed by atoms with Crippen LogP contribution < -0.4 is 10.6 Å². The molecule has 23 heavy (non-hydrogen) atoms. The summed E-state index contributed by atoms with van der Waals surface area (Å²) >= 11 is 0. The van der Waals surface area contributed by atoms with Gasteiger partial charge in [0.05, 0.1) is 13.2 Å². The normalized spacial score (nSPS) is 12.0. The molecule has 0 aromatic rings. The summed E-state index contributed by atoms with van der Waals surface area (Å²) in [5.41, 5.74) is 0. The minimum absolute atomic E-state index is 0. The van der Waals surface area contributed by atoms with E-state index in [1.165, 1.54) is 0 Å². The first kappa shape index (κ1) is 24.9. The predicted octanol–water partition coefficient (Wildman–Crippen LogP) is 1.79. The minimum atomic E-state index is -4.27. The van der Waals surface area contributed by atoms with Gasteiger partial charge in [-0.15, -0.1) is 24.0 Å². The molecule has 0 bridgehead atoms. The Balaban J connectivity index is 0. The highest BCUT2D eigenvalue weighted by atomic mass is 127. The first-order valence-corrected chi connectivity index (χ1v) is 7.15. The molecule has 10 heteroatoms. The minimum Gasteiger partial charge on any atom is -0.382 e. The quantitative estimate of drug-likeness (QED) is 0.203. The van der Waals surface area contributed by atoms with E-state index in [0.717, 1.165) is 6.42 Å². The molecule has 0 fully saturated rings. The molecule has 0 atom stereocenters. The molecule has 6 nitrogen and oxygen atoms in total. The summed E-state index contributed by atoms with van der Waals surface area (Å²) in [6, 6.07) is 0. The van der Waals surface area contributed by atoms with E-state index >= 15 is 0 Å². The second-order valence-electron chi connectivity index (χ2n) is 4.41. The monoisotopic (exact) mass is 457 g/mol. The number of rotatable bonds is 12. The summed E-state index contributed by atoms with van der Waals surface area (Å²) in [6.45, 7) is 1.80. The van der Waals surface area contributed by atoms with Gasteiger partial charge in [-0.1, -0.05) is 0 Å². The van der Waals surface area contributed by atoms with E-state index in [1.807, 2.05) is 0 Å². The smallest absolute Gasteiger partial charge is 0.382 e. The van der Waals surface area contributed by atoms with Crippen molar-refractivity contribution in [3.63, 3.8) is 0 Å². The second-order valence-corrected chi connectivity index (χ2v) is 4.41. The van der Waals surface area contributed by atoms with Crippen molar-refractivity contribution >= 4 is 29.9 Å². The lowest BCUT2D eigenvalue weighted by Gasteiger charge is -2.12. The number of ether oxygens (including phenoxy) is 3. The molecule has 0 aromatic heterocycles. The van der Waals surface area contributed by atoms with Crippen molar-refractivity contribution in [3.8, 4) is 0 Å². The van der Waals surface area contributed by atoms with Gasteiger partial charge in [-0.25, -0.2) is 0 Å². The second kappa shape index (κ2) is 16.5. The number of nitrogens with one attached hydrogen (secondary N) is 2. The van der Waals surface area contributed by atoms with E-state index in [2.05, 4.69) is 20.4 Å². The third kappa shape index (κ3) is 19.6. The number of hydrogen-bond donors (Lipinski definition) is 2. The molecule has 0 aliphatic rings. The fourth-order valence-electron chi connectivity index (χ4n) is 1.41. The van der Waals surface area contributed by atoms with E-state index in [9.17, 15) is 13.2 Å². The largest absolute Gasteiger partial charge is 0.411 e. The van der Waals surface area contributed by atoms with Crippen molar-refractivity contribution < 1.29 is 27.4 Å². The molecule has 0 rings (SSSR count). The number of guanidine groups is 1. The van der Waals surface area contributed by atoms with Crippen LogP contribution in [0.5, 0.6) is 0 Å². The van der Waals surface area contributed by atoms with Crippen LogP contribution in [0.2, 0.25) is 0 Å². The SMILES string of the molecule is CN=C(NCCCOCCOC)NCCCOCC(F)(F)F.I. The van der Waals surface area contributed by atoms with Crippen molar-refractivity contribution in [1.82, 2.24) is 10.6 Å². The summed E-state index contributed by atoms with van der Waals surface area (Å²) in [5.74, 6) is 0.604. The zero-order valence-corrected chi connectivity index (χ0v) is 15.9. The van der Waals surface area contributed by atoms with E-state index in [-0.39, 0.29) is 30.6 Å². The third-order valence-electron chi connectivity index (χ3n) is 2.44. The van der Waals surface area contributed by atoms with Crippen molar-refractivity contribution in [2.45, 2.75) is 19.0 Å². The number of hydrogen-bond acceptors (Lipinski definition) is 4. The Labute approximate surface area is 152 Å². The molecule has 0 saturated heterocycles. The summed E-state index contributed by atoms with van der Waals surface area (Å²) in [7, 11) is 3.25. The average Bonchev–Trinajstić information content (AvgIpc) is 2.46. The zero-order valence-electron chi connectivity index (χ0n) is 13.6. The Morgan fingerprint density at radius 3 is 2.00 bits per heavy atom. The van der Waals surface area contributed by atoms with Gasteiger partial charge in [0.2, 0.25) is 0 Å². The molecule has 0 radical (unpaired) electrons. The van der Waals surface area contributed by atoms with Crippen LogP contribution in [-0.2, 0) is 14.2 Å². The number of methoxy groups -OCH3 is 1. The summed E-state index contributed by atoms with van der Waals surface area (Å²) in [5, 5.41) is 6.08. The summed E-state index contributed by atoms with van der Waals surface area (Å²) in [6.07, 6.45) is -2.98. The Morgan fingerprint density at radius 1 is 0.957 bits per heavy atom. The van der Waals surface area contributed by atoms with Gasteiger partial charge in [0, 0.05) is 40.5 Å². The molecule has 0 aromatic carbocycles. The highest BCUT2D eigenvalue weighted by Gasteiger charge is 2.27. The van der Waals surface area contributed by atoms with Gasteiger partial charge < -0.3 is 24.8 Å². The maximum absolute atomic E-state index is 11.8. The van der Waals surface area contributed by atoms with Crippen LogP contribution in [0.15, 0.2) is 4.99 Å². The van der Waals surface area contributed by atoms with Gasteiger partial charge in [-0.3, -0.25) is 4.99 Å². The van der Waals surface area contributed by atoms with Crippen molar-refractivity contribution in [2.75, 3.05) is 60.3 Å². The van der Waals surface area contributed by atoms with Crippen molar-refractivity contribution in [3.05, 3.63) is 0 Å². The van der Waals surface area contributed by atoms with Gasteiger partial charge in [-0.2, -0.15) is 13.2 Å². The first-order valence-electron chi connectivity index (χ1n) is 7.15. The lowest BCUT2D eigenvalue weighted by atomic mass is 10.4. The molecule has 2 N–H and O–H groups in total. The summed E-state index contributed by atoms with van der Waals surface area (Å²) < 4.78 is 50.2. The van der Waals surface area contributed by atoms with E-state index in [0.29, 0.717) is 45.3 Å². The van der Waals surface area contributed by atoms with E-state index in [4.69, 9.17) is 9.47 Å². The first-order chi connectivity index (χ1) is 10.5. The zero-order chi connectivity index (χ0) is 16.7. The van der Waals surface area contributed by atoms with Crippen LogP contribution in [-0.4, -0.2) is 72.4 Å². The topological polar surface area (TPSA) is 64.1 Å². The number of nitrogens with zero attached hydrogens (tertiary/aromatic N) is 1. The highest BCUT2D eigenvalue weighted by molar-refractivity contribution is 14.0. The van der Waals surface area contributed by atoms with Crippen molar-refractivity contribution in [1.29, 1.82) is 0 Å². The Hall–Kier alpha value is -0.330. The van der Waals surface area contributed by atoms with E-state index < -0.39 is 12.8 Å². The van der Waals surface area contributed by atoms with Crippen molar-refractivity contribution in [2.24, 2.45) is 4.99 Å². The third-order valence-corrected chi connectivity index (χ3v) is 2.44. The van der Waals surface area contributed by atoms with Crippen LogP contribution in [0.3, 0.4) is 0 Å². The molecule has 0 amide bonds. The fraction of sp³-hybridized carbons (Fsp3) is 0.923. The Bertz CT molecular complexity index is 295. The molecule has 0 aliphatic heterocycles.